The fourth-order valence-electron chi connectivity index (χ4n) is 9.10. The molecule has 78 heavy (non-hydrogen) atoms. The predicted octanol–water partition coefficient (Wildman–Crippen LogP) is 15.2. The lowest BCUT2D eigenvalue weighted by molar-refractivity contribution is 0.101. The zero-order valence-electron chi connectivity index (χ0n) is 43.1. The second kappa shape index (κ2) is 24.0. The van der Waals surface area contributed by atoms with Gasteiger partial charge < -0.3 is 41.0 Å². The summed E-state index contributed by atoms with van der Waals surface area (Å²) in [6.07, 6.45) is 0.891. The van der Waals surface area contributed by atoms with Crippen LogP contribution in [0.1, 0.15) is 80.3 Å². The topological polar surface area (TPSA) is 225 Å². The first-order chi connectivity index (χ1) is 38.0. The van der Waals surface area contributed by atoms with Crippen LogP contribution < -0.4 is 30.7 Å². The van der Waals surface area contributed by atoms with E-state index >= 15 is 0 Å². The van der Waals surface area contributed by atoms with Crippen molar-refractivity contribution < 1.29 is 38.9 Å². The quantitative estimate of drug-likeness (QED) is 0.0452. The van der Waals surface area contributed by atoms with E-state index in [4.69, 9.17) is 9.47 Å². The second-order valence-electron chi connectivity index (χ2n) is 17.6. The number of phenolic OH excluding ortho intramolecular Hbond substituents is 2. The summed E-state index contributed by atoms with van der Waals surface area (Å²) in [6, 6.07) is 48.6. The number of rotatable bonds is 18. The Labute approximate surface area is 449 Å². The van der Waals surface area contributed by atoms with Gasteiger partial charge in [-0.15, -0.1) is 20.5 Å². The van der Waals surface area contributed by atoms with Gasteiger partial charge in [0.05, 0.1) is 35.5 Å². The molecule has 390 valence electrons. The lowest BCUT2D eigenvalue weighted by Gasteiger charge is -2.19. The van der Waals surface area contributed by atoms with E-state index in [-0.39, 0.29) is 69.7 Å². The Morgan fingerprint density at radius 2 is 0.782 bits per heavy atom. The Balaban J connectivity index is 0.993. The van der Waals surface area contributed by atoms with Gasteiger partial charge in [-0.25, -0.2) is 0 Å². The normalized spacial score (nSPS) is 11.2. The van der Waals surface area contributed by atoms with Crippen molar-refractivity contribution in [2.45, 2.75) is 40.5 Å². The maximum atomic E-state index is 14.4. The van der Waals surface area contributed by atoms with E-state index in [9.17, 15) is 29.4 Å². The number of para-hydroxylation sites is 4. The van der Waals surface area contributed by atoms with Crippen LogP contribution in [0.25, 0.3) is 21.5 Å². The molecule has 0 aliphatic carbocycles. The van der Waals surface area contributed by atoms with Gasteiger partial charge in [0, 0.05) is 33.5 Å². The molecule has 16 heteroatoms. The Kier molecular flexibility index (Phi) is 16.2. The van der Waals surface area contributed by atoms with Crippen LogP contribution in [0.3, 0.4) is 0 Å². The third-order valence-corrected chi connectivity index (χ3v) is 12.7. The van der Waals surface area contributed by atoms with Gasteiger partial charge in [-0.1, -0.05) is 111 Å². The summed E-state index contributed by atoms with van der Waals surface area (Å²) in [4.78, 5) is 55.6. The van der Waals surface area contributed by atoms with E-state index in [0.29, 0.717) is 57.1 Å². The number of carbonyl (C=O) groups is 4. The highest BCUT2D eigenvalue weighted by atomic mass is 16.5. The van der Waals surface area contributed by atoms with E-state index in [0.717, 1.165) is 11.1 Å². The average Bonchev–Trinajstić information content (AvgIpc) is 3.50. The molecule has 0 saturated carbocycles. The largest absolute Gasteiger partial charge is 0.505 e. The van der Waals surface area contributed by atoms with Gasteiger partial charge in [0.15, 0.2) is 23.0 Å². The molecule has 0 unspecified atom stereocenters. The third-order valence-electron chi connectivity index (χ3n) is 12.7. The molecule has 0 bridgehead atoms. The predicted molar refractivity (Wildman–Crippen MR) is 305 cm³/mol. The Hall–Kier alpha value is -10.2. The number of amides is 4. The molecular formula is C62H54N8O8. The van der Waals surface area contributed by atoms with E-state index in [2.05, 4.69) is 41.7 Å². The first kappa shape index (κ1) is 52.6. The van der Waals surface area contributed by atoms with E-state index in [1.54, 1.807) is 147 Å². The SMILES string of the molecule is CCOc1c(N=Nc2c(O)c(C(=O)Nc3ccc(NC(=O)c4cc5ccccc5c(N=Nc5cccc(C(=O)Nc6ccccc6)c5OCC)c4O)c(CC)c3CC)cc3ccccc23)cccc1C(=O)Nc1ccccc1. The number of carbonyl (C=O) groups excluding carboxylic acids is 4. The molecule has 6 N–H and O–H groups in total. The minimum atomic E-state index is -0.629. The summed E-state index contributed by atoms with van der Waals surface area (Å²) < 4.78 is 11.9. The van der Waals surface area contributed by atoms with Gasteiger partial charge in [0.25, 0.3) is 23.6 Å². The van der Waals surface area contributed by atoms with Crippen LogP contribution in [0.4, 0.5) is 45.5 Å². The molecule has 16 nitrogen and oxygen atoms in total. The number of ether oxygens (including phenoxy) is 2. The third kappa shape index (κ3) is 11.2. The molecule has 0 aliphatic heterocycles. The van der Waals surface area contributed by atoms with Crippen molar-refractivity contribution in [2.24, 2.45) is 20.5 Å². The van der Waals surface area contributed by atoms with E-state index in [1.165, 1.54) is 0 Å². The summed E-state index contributed by atoms with van der Waals surface area (Å²) in [7, 11) is 0. The molecule has 9 rings (SSSR count). The van der Waals surface area contributed by atoms with Gasteiger partial charge in [-0.05, 0) is 121 Å². The fourth-order valence-corrected chi connectivity index (χ4v) is 9.10. The molecule has 0 aromatic heterocycles. The highest BCUT2D eigenvalue weighted by Gasteiger charge is 2.25. The number of azo groups is 2. The summed E-state index contributed by atoms with van der Waals surface area (Å²) in [5.41, 5.74) is 4.37. The standard InChI is InChI=1S/C62H54N8O8/c1-5-41-42(6-2)50(66-62(76)48-36-38-22-16-18-28-44(38)54(56(48)72)70-68-52-32-20-30-46(58(52)78-8-4)60(74)64-40-25-13-10-14-26-40)34-33-49(41)65-61(75)47-35-37-21-15-17-27-43(37)53(55(47)71)69-67-51-31-19-29-45(57(51)77-7-3)59(73)63-39-23-11-9-12-24-39/h9-36,71-72H,5-8H2,1-4H3,(H,63,73)(H,64,74)(H,65,75)(H,66,76). The van der Waals surface area contributed by atoms with Gasteiger partial charge in [-0.3, -0.25) is 19.2 Å². The molecule has 0 radical (unpaired) electrons. The summed E-state index contributed by atoms with van der Waals surface area (Å²) in [6.45, 7) is 7.87. The molecule has 0 aliphatic rings. The molecular weight excluding hydrogens is 985 g/mol. The van der Waals surface area contributed by atoms with Crippen LogP contribution in [-0.4, -0.2) is 47.1 Å². The number of phenols is 2. The molecule has 0 heterocycles. The summed E-state index contributed by atoms with van der Waals surface area (Å²) >= 11 is 0. The minimum absolute atomic E-state index is 0.0254. The van der Waals surface area contributed by atoms with Crippen molar-refractivity contribution in [3.8, 4) is 23.0 Å². The van der Waals surface area contributed by atoms with Gasteiger partial charge in [0.1, 0.15) is 22.7 Å². The molecule has 0 spiro atoms. The van der Waals surface area contributed by atoms with Crippen molar-refractivity contribution >= 4 is 90.7 Å². The highest BCUT2D eigenvalue weighted by Crippen LogP contribution is 2.44. The summed E-state index contributed by atoms with van der Waals surface area (Å²) in [5, 5.41) is 55.6. The second-order valence-corrected chi connectivity index (χ2v) is 17.6. The number of hydrogen-bond donors (Lipinski definition) is 6. The van der Waals surface area contributed by atoms with Crippen molar-refractivity contribution in [2.75, 3.05) is 34.5 Å². The Morgan fingerprint density at radius 3 is 1.17 bits per heavy atom. The number of nitrogens with zero attached hydrogens (tertiary/aromatic N) is 4. The Morgan fingerprint density at radius 1 is 0.410 bits per heavy atom. The van der Waals surface area contributed by atoms with Crippen LogP contribution in [0, 0.1) is 0 Å². The molecule has 9 aromatic rings. The first-order valence-corrected chi connectivity index (χ1v) is 25.4. The number of hydrogen-bond acceptors (Lipinski definition) is 12. The fraction of sp³-hybridized carbons (Fsp3) is 0.129. The van der Waals surface area contributed by atoms with Crippen molar-refractivity contribution in [3.05, 3.63) is 203 Å². The maximum absolute atomic E-state index is 14.4. The number of anilines is 4. The van der Waals surface area contributed by atoms with E-state index < -0.39 is 35.1 Å². The summed E-state index contributed by atoms with van der Waals surface area (Å²) in [5.74, 6) is -2.55. The Bertz CT molecular complexity index is 3560. The van der Waals surface area contributed by atoms with Crippen LogP contribution in [0.2, 0.25) is 0 Å². The molecule has 0 atom stereocenters. The maximum Gasteiger partial charge on any atom is 0.259 e. The molecule has 4 amide bonds. The molecule has 0 saturated heterocycles. The first-order valence-electron chi connectivity index (χ1n) is 25.4. The highest BCUT2D eigenvalue weighted by molar-refractivity contribution is 6.14. The van der Waals surface area contributed by atoms with Crippen molar-refractivity contribution in [3.63, 3.8) is 0 Å². The van der Waals surface area contributed by atoms with Crippen LogP contribution >= 0.6 is 0 Å². The molecule has 9 aromatic carbocycles. The van der Waals surface area contributed by atoms with Gasteiger partial charge in [0.2, 0.25) is 0 Å². The van der Waals surface area contributed by atoms with E-state index in [1.807, 2.05) is 50.2 Å². The lowest BCUT2D eigenvalue weighted by atomic mass is 9.97. The smallest absolute Gasteiger partial charge is 0.259 e. The zero-order valence-corrected chi connectivity index (χ0v) is 43.1. The van der Waals surface area contributed by atoms with Crippen LogP contribution in [-0.2, 0) is 12.8 Å². The number of aromatic hydroxyl groups is 2. The van der Waals surface area contributed by atoms with Crippen molar-refractivity contribution in [1.29, 1.82) is 0 Å². The minimum Gasteiger partial charge on any atom is -0.505 e. The van der Waals surface area contributed by atoms with Crippen LogP contribution in [0.5, 0.6) is 23.0 Å². The zero-order chi connectivity index (χ0) is 54.7. The van der Waals surface area contributed by atoms with Crippen molar-refractivity contribution in [1.82, 2.24) is 0 Å². The van der Waals surface area contributed by atoms with Crippen LogP contribution in [0.15, 0.2) is 190 Å². The number of benzene rings is 9. The average molecular weight is 1040 g/mol. The molecule has 0 fully saturated rings. The van der Waals surface area contributed by atoms with Gasteiger partial charge >= 0.3 is 0 Å². The monoisotopic (exact) mass is 1040 g/mol. The van der Waals surface area contributed by atoms with Gasteiger partial charge in [-0.2, -0.15) is 0 Å². The lowest BCUT2D eigenvalue weighted by Crippen LogP contribution is -2.17. The number of fused-ring (bicyclic) bond motifs is 2. The number of nitrogens with one attached hydrogen (secondary N) is 4.